The highest BCUT2D eigenvalue weighted by Crippen LogP contribution is 2.27. The van der Waals surface area contributed by atoms with Gasteiger partial charge >= 0.3 is 0 Å². The van der Waals surface area contributed by atoms with Crippen molar-refractivity contribution in [2.45, 2.75) is 33.2 Å². The Kier molecular flexibility index (Phi) is 5.70. The minimum absolute atomic E-state index is 0.0494. The lowest BCUT2D eigenvalue weighted by atomic mass is 10.1. The molecule has 0 aliphatic carbocycles. The van der Waals surface area contributed by atoms with E-state index in [-0.39, 0.29) is 46.6 Å². The molecular formula is C18H20F2N6O3S. The van der Waals surface area contributed by atoms with Gasteiger partial charge in [0.25, 0.3) is 5.56 Å². The molecule has 3 aromatic rings. The summed E-state index contributed by atoms with van der Waals surface area (Å²) in [4.78, 5) is 25.0. The standard InChI is InChI=1S/C18H20F2N6O3S/c1-4-5-30(28,29)25-15-11(19)6-10(7-12(15)20)14-17(27)26(9(2)3)16-13(23-14)8-22-18(21)24-16/h6-9,25H,4-5H2,1-3H3,(H2,21,22,24). The molecule has 3 N–H and O–H groups in total. The predicted molar refractivity (Wildman–Crippen MR) is 109 cm³/mol. The molecule has 9 nitrogen and oxygen atoms in total. The van der Waals surface area contributed by atoms with Crippen LogP contribution in [0.4, 0.5) is 20.4 Å². The number of halogens is 2. The van der Waals surface area contributed by atoms with E-state index in [1.54, 1.807) is 20.8 Å². The molecule has 2 aromatic heterocycles. The van der Waals surface area contributed by atoms with Gasteiger partial charge in [0.1, 0.15) is 16.9 Å². The highest BCUT2D eigenvalue weighted by atomic mass is 32.2. The van der Waals surface area contributed by atoms with Crippen molar-refractivity contribution in [3.63, 3.8) is 0 Å². The predicted octanol–water partition coefficient (Wildman–Crippen LogP) is 2.45. The fraction of sp³-hybridized carbons (Fsp3) is 0.333. The van der Waals surface area contributed by atoms with Crippen molar-refractivity contribution in [3.8, 4) is 11.3 Å². The minimum atomic E-state index is -3.91. The van der Waals surface area contributed by atoms with Crippen molar-refractivity contribution in [2.24, 2.45) is 0 Å². The molecule has 12 heteroatoms. The highest BCUT2D eigenvalue weighted by molar-refractivity contribution is 7.92. The molecule has 1 aromatic carbocycles. The molecule has 0 atom stereocenters. The van der Waals surface area contributed by atoms with E-state index in [0.29, 0.717) is 0 Å². The first-order valence-corrected chi connectivity index (χ1v) is 10.7. The van der Waals surface area contributed by atoms with Crippen LogP contribution in [-0.2, 0) is 10.0 Å². The summed E-state index contributed by atoms with van der Waals surface area (Å²) in [6, 6.07) is 1.35. The maximum Gasteiger partial charge on any atom is 0.278 e. The van der Waals surface area contributed by atoms with Gasteiger partial charge in [-0.3, -0.25) is 14.1 Å². The summed E-state index contributed by atoms with van der Waals surface area (Å²) in [5.74, 6) is -2.68. The largest absolute Gasteiger partial charge is 0.368 e. The van der Waals surface area contributed by atoms with Gasteiger partial charge in [-0.25, -0.2) is 27.2 Å². The second-order valence-corrected chi connectivity index (χ2v) is 8.74. The van der Waals surface area contributed by atoms with E-state index in [0.717, 1.165) is 12.1 Å². The Morgan fingerprint density at radius 1 is 1.20 bits per heavy atom. The SMILES string of the molecule is CCCS(=O)(=O)Nc1c(F)cc(-c2nc3cnc(N)nc3n(C(C)C)c2=O)cc1F. The monoisotopic (exact) mass is 438 g/mol. The third-order valence-electron chi connectivity index (χ3n) is 4.21. The van der Waals surface area contributed by atoms with Crippen LogP contribution >= 0.6 is 0 Å². The zero-order valence-electron chi connectivity index (χ0n) is 16.5. The Labute approximate surface area is 171 Å². The molecule has 2 heterocycles. The molecule has 3 rings (SSSR count). The Balaban J connectivity index is 2.20. The number of aromatic nitrogens is 4. The van der Waals surface area contributed by atoms with Gasteiger partial charge in [0.15, 0.2) is 17.3 Å². The first kappa shape index (κ1) is 21.6. The van der Waals surface area contributed by atoms with E-state index in [1.165, 1.54) is 10.8 Å². The minimum Gasteiger partial charge on any atom is -0.368 e. The average molecular weight is 438 g/mol. The molecule has 0 unspecified atom stereocenters. The van der Waals surface area contributed by atoms with Crippen LogP contribution in [0.15, 0.2) is 23.1 Å². The van der Waals surface area contributed by atoms with Crippen molar-refractivity contribution >= 4 is 32.8 Å². The first-order valence-electron chi connectivity index (χ1n) is 9.08. The number of fused-ring (bicyclic) bond motifs is 1. The van der Waals surface area contributed by atoms with E-state index < -0.39 is 32.9 Å². The van der Waals surface area contributed by atoms with Crippen LogP contribution in [0.3, 0.4) is 0 Å². The zero-order chi connectivity index (χ0) is 22.2. The number of benzene rings is 1. The third kappa shape index (κ3) is 4.08. The molecule has 30 heavy (non-hydrogen) atoms. The van der Waals surface area contributed by atoms with Crippen LogP contribution < -0.4 is 16.0 Å². The fourth-order valence-electron chi connectivity index (χ4n) is 2.96. The third-order valence-corrected chi connectivity index (χ3v) is 5.67. The van der Waals surface area contributed by atoms with Gasteiger partial charge < -0.3 is 5.73 Å². The molecule has 0 aliphatic heterocycles. The van der Waals surface area contributed by atoms with E-state index in [4.69, 9.17) is 5.73 Å². The van der Waals surface area contributed by atoms with Crippen LogP contribution in [0.5, 0.6) is 0 Å². The lowest BCUT2D eigenvalue weighted by molar-refractivity contribution is 0.582. The Hall–Kier alpha value is -3.15. The lowest BCUT2D eigenvalue weighted by Crippen LogP contribution is -2.26. The van der Waals surface area contributed by atoms with Gasteiger partial charge in [0.05, 0.1) is 11.9 Å². The van der Waals surface area contributed by atoms with Crippen LogP contribution in [-0.4, -0.2) is 33.7 Å². The highest BCUT2D eigenvalue weighted by Gasteiger charge is 2.21. The summed E-state index contributed by atoms with van der Waals surface area (Å²) in [5, 5.41) is 0. The summed E-state index contributed by atoms with van der Waals surface area (Å²) in [7, 11) is -3.91. The Bertz CT molecular complexity index is 1270. The lowest BCUT2D eigenvalue weighted by Gasteiger charge is -2.15. The number of nitrogens with one attached hydrogen (secondary N) is 1. The Morgan fingerprint density at radius 3 is 2.40 bits per heavy atom. The molecule has 160 valence electrons. The van der Waals surface area contributed by atoms with Gasteiger partial charge in [-0.1, -0.05) is 6.92 Å². The quantitative estimate of drug-likeness (QED) is 0.604. The van der Waals surface area contributed by atoms with E-state index in [2.05, 4.69) is 15.0 Å². The summed E-state index contributed by atoms with van der Waals surface area (Å²) >= 11 is 0. The van der Waals surface area contributed by atoms with Crippen molar-refractivity contribution in [3.05, 3.63) is 40.3 Å². The van der Waals surface area contributed by atoms with Crippen molar-refractivity contribution in [1.29, 1.82) is 0 Å². The van der Waals surface area contributed by atoms with Gasteiger partial charge in [-0.15, -0.1) is 0 Å². The van der Waals surface area contributed by atoms with Crippen LogP contribution in [0.25, 0.3) is 22.4 Å². The van der Waals surface area contributed by atoms with Gasteiger partial charge in [-0.2, -0.15) is 4.98 Å². The number of sulfonamides is 1. The zero-order valence-corrected chi connectivity index (χ0v) is 17.3. The number of nitrogens with zero attached hydrogens (tertiary/aromatic N) is 4. The van der Waals surface area contributed by atoms with Crippen molar-refractivity contribution < 1.29 is 17.2 Å². The van der Waals surface area contributed by atoms with E-state index in [9.17, 15) is 22.0 Å². The Morgan fingerprint density at radius 2 is 1.83 bits per heavy atom. The summed E-state index contributed by atoms with van der Waals surface area (Å²) in [6.07, 6.45) is 1.58. The summed E-state index contributed by atoms with van der Waals surface area (Å²) in [6.45, 7) is 5.09. The van der Waals surface area contributed by atoms with Gasteiger partial charge in [0.2, 0.25) is 16.0 Å². The normalized spacial score (nSPS) is 11.9. The van der Waals surface area contributed by atoms with Crippen LogP contribution in [0.1, 0.15) is 33.2 Å². The number of nitrogen functional groups attached to an aromatic ring is 1. The molecule has 0 saturated carbocycles. The number of rotatable bonds is 6. The maximum atomic E-state index is 14.6. The molecule has 0 spiro atoms. The molecule has 0 saturated heterocycles. The van der Waals surface area contributed by atoms with Gasteiger partial charge in [0, 0.05) is 11.6 Å². The number of hydrogen-bond donors (Lipinski definition) is 2. The fourth-order valence-corrected chi connectivity index (χ4v) is 4.11. The molecular weight excluding hydrogens is 418 g/mol. The van der Waals surface area contributed by atoms with Crippen molar-refractivity contribution in [1.82, 2.24) is 19.5 Å². The van der Waals surface area contributed by atoms with E-state index in [1.807, 2.05) is 4.72 Å². The van der Waals surface area contributed by atoms with Crippen molar-refractivity contribution in [2.75, 3.05) is 16.2 Å². The second-order valence-electron chi connectivity index (χ2n) is 6.90. The molecule has 0 radical (unpaired) electrons. The number of anilines is 2. The number of nitrogens with two attached hydrogens (primary N) is 1. The molecule has 0 fully saturated rings. The second kappa shape index (κ2) is 7.94. The first-order chi connectivity index (χ1) is 14.0. The van der Waals surface area contributed by atoms with Gasteiger partial charge in [-0.05, 0) is 32.4 Å². The van der Waals surface area contributed by atoms with Crippen LogP contribution in [0, 0.1) is 11.6 Å². The molecule has 0 aliphatic rings. The number of hydrogen-bond acceptors (Lipinski definition) is 7. The smallest absolute Gasteiger partial charge is 0.278 e. The maximum absolute atomic E-state index is 14.6. The molecule has 0 bridgehead atoms. The average Bonchev–Trinajstić information content (AvgIpc) is 2.63. The molecule has 0 amide bonds. The van der Waals surface area contributed by atoms with Crippen LogP contribution in [0.2, 0.25) is 0 Å². The van der Waals surface area contributed by atoms with E-state index >= 15 is 0 Å². The topological polar surface area (TPSA) is 133 Å². The summed E-state index contributed by atoms with van der Waals surface area (Å²) < 4.78 is 56.1. The summed E-state index contributed by atoms with van der Waals surface area (Å²) in [5.41, 5.74) is 4.17.